The van der Waals surface area contributed by atoms with E-state index in [9.17, 15) is 14.0 Å². The van der Waals surface area contributed by atoms with Gasteiger partial charge in [-0.15, -0.1) is 0 Å². The van der Waals surface area contributed by atoms with Gasteiger partial charge in [-0.05, 0) is 38.0 Å². The number of nitrogens with zero attached hydrogens (tertiary/aromatic N) is 1. The van der Waals surface area contributed by atoms with E-state index in [1.165, 1.54) is 6.07 Å². The molecule has 5 heteroatoms. The van der Waals surface area contributed by atoms with Crippen LogP contribution in [0.2, 0.25) is 0 Å². The second kappa shape index (κ2) is 7.28. The largest absolute Gasteiger partial charge is 0.352 e. The highest BCUT2D eigenvalue weighted by atomic mass is 19.1. The van der Waals surface area contributed by atoms with Crippen LogP contribution in [-0.2, 0) is 16.1 Å². The van der Waals surface area contributed by atoms with E-state index in [0.717, 1.165) is 22.4 Å². The van der Waals surface area contributed by atoms with Crippen molar-refractivity contribution in [1.29, 1.82) is 0 Å². The lowest BCUT2D eigenvalue weighted by Gasteiger charge is -2.22. The highest BCUT2D eigenvalue weighted by Crippen LogP contribution is 2.31. The molecule has 2 aromatic carbocycles. The molecule has 1 unspecified atom stereocenters. The number of aryl methyl sites for hydroxylation is 3. The highest BCUT2D eigenvalue weighted by Gasteiger charge is 2.36. The summed E-state index contributed by atoms with van der Waals surface area (Å²) in [7, 11) is 0. The molecular weight excluding hydrogens is 331 g/mol. The molecule has 1 aliphatic heterocycles. The Kier molecular flexibility index (Phi) is 5.07. The van der Waals surface area contributed by atoms with Crippen LogP contribution in [0.1, 0.15) is 28.7 Å². The highest BCUT2D eigenvalue weighted by molar-refractivity contribution is 6.01. The van der Waals surface area contributed by atoms with Crippen molar-refractivity contribution >= 4 is 17.5 Å². The lowest BCUT2D eigenvalue weighted by molar-refractivity contribution is -0.126. The first-order valence-corrected chi connectivity index (χ1v) is 8.76. The Morgan fingerprint density at radius 3 is 2.50 bits per heavy atom. The van der Waals surface area contributed by atoms with Crippen LogP contribution < -0.4 is 10.2 Å². The fourth-order valence-electron chi connectivity index (χ4n) is 3.67. The zero-order valence-electron chi connectivity index (χ0n) is 15.3. The number of nitrogens with one attached hydrogen (secondary N) is 1. The third kappa shape index (κ3) is 3.62. The average molecular weight is 354 g/mol. The van der Waals surface area contributed by atoms with Crippen molar-refractivity contribution < 1.29 is 14.0 Å². The van der Waals surface area contributed by atoms with Crippen LogP contribution in [0.3, 0.4) is 0 Å². The van der Waals surface area contributed by atoms with Gasteiger partial charge < -0.3 is 10.2 Å². The molecule has 26 heavy (non-hydrogen) atoms. The maximum absolute atomic E-state index is 13.7. The molecule has 1 atom stereocenters. The van der Waals surface area contributed by atoms with Crippen LogP contribution in [0, 0.1) is 32.5 Å². The second-order valence-electron chi connectivity index (χ2n) is 6.96. The van der Waals surface area contributed by atoms with Crippen molar-refractivity contribution in [3.05, 3.63) is 64.5 Å². The van der Waals surface area contributed by atoms with Gasteiger partial charge in [-0.2, -0.15) is 0 Å². The van der Waals surface area contributed by atoms with Gasteiger partial charge in [-0.25, -0.2) is 4.39 Å². The monoisotopic (exact) mass is 354 g/mol. The quantitative estimate of drug-likeness (QED) is 0.915. The first-order valence-electron chi connectivity index (χ1n) is 8.76. The number of halogens is 1. The molecule has 4 nitrogen and oxygen atoms in total. The van der Waals surface area contributed by atoms with Gasteiger partial charge in [0.1, 0.15) is 5.82 Å². The van der Waals surface area contributed by atoms with Crippen LogP contribution in [0.15, 0.2) is 36.4 Å². The van der Waals surface area contributed by atoms with E-state index in [4.69, 9.17) is 0 Å². The summed E-state index contributed by atoms with van der Waals surface area (Å²) in [5.41, 5.74) is 4.54. The van der Waals surface area contributed by atoms with Crippen molar-refractivity contribution in [3.8, 4) is 0 Å². The van der Waals surface area contributed by atoms with Gasteiger partial charge in [0.25, 0.3) is 0 Å². The molecular formula is C21H23FN2O2. The molecule has 1 heterocycles. The summed E-state index contributed by atoms with van der Waals surface area (Å²) in [6, 6.07) is 10.4. The molecule has 136 valence electrons. The lowest BCUT2D eigenvalue weighted by Crippen LogP contribution is -2.33. The van der Waals surface area contributed by atoms with Gasteiger partial charge in [-0.3, -0.25) is 9.59 Å². The number of anilines is 1. The minimum absolute atomic E-state index is 0.0499. The minimum atomic E-state index is -0.422. The Morgan fingerprint density at radius 2 is 1.85 bits per heavy atom. The van der Waals surface area contributed by atoms with Crippen LogP contribution in [0.5, 0.6) is 0 Å². The number of hydrogen-bond donors (Lipinski definition) is 1. The zero-order valence-corrected chi connectivity index (χ0v) is 15.3. The van der Waals surface area contributed by atoms with E-state index in [0.29, 0.717) is 12.1 Å². The van der Waals surface area contributed by atoms with Crippen LogP contribution in [0.25, 0.3) is 0 Å². The number of hydrogen-bond acceptors (Lipinski definition) is 2. The Labute approximate surface area is 153 Å². The molecule has 1 fully saturated rings. The number of amides is 2. The predicted molar refractivity (Wildman–Crippen MR) is 99.4 cm³/mol. The van der Waals surface area contributed by atoms with Gasteiger partial charge in [-0.1, -0.05) is 35.9 Å². The summed E-state index contributed by atoms with van der Waals surface area (Å²) < 4.78 is 13.7. The van der Waals surface area contributed by atoms with Crippen molar-refractivity contribution in [3.63, 3.8) is 0 Å². The molecule has 0 saturated carbocycles. The van der Waals surface area contributed by atoms with Crippen molar-refractivity contribution in [2.24, 2.45) is 5.92 Å². The SMILES string of the molecule is Cc1cc(C)c(N2CC(C(=O)NCc3ccccc3F)CC2=O)c(C)c1. The summed E-state index contributed by atoms with van der Waals surface area (Å²) in [5, 5.41) is 2.75. The summed E-state index contributed by atoms with van der Waals surface area (Å²) in [4.78, 5) is 26.7. The maximum atomic E-state index is 13.7. The molecule has 0 bridgehead atoms. The van der Waals surface area contributed by atoms with Gasteiger partial charge in [0.15, 0.2) is 0 Å². The third-order valence-corrected chi connectivity index (χ3v) is 4.81. The van der Waals surface area contributed by atoms with E-state index in [2.05, 4.69) is 5.32 Å². The third-order valence-electron chi connectivity index (χ3n) is 4.81. The van der Waals surface area contributed by atoms with Gasteiger partial charge >= 0.3 is 0 Å². The summed E-state index contributed by atoms with van der Waals surface area (Å²) >= 11 is 0. The fraction of sp³-hybridized carbons (Fsp3) is 0.333. The Bertz CT molecular complexity index is 840. The van der Waals surface area contributed by atoms with E-state index in [1.54, 1.807) is 23.1 Å². The molecule has 1 N–H and O–H groups in total. The molecule has 2 amide bonds. The number of carbonyl (C=O) groups is 2. The smallest absolute Gasteiger partial charge is 0.227 e. The molecule has 0 aliphatic carbocycles. The summed E-state index contributed by atoms with van der Waals surface area (Å²) in [6.45, 7) is 6.46. The van der Waals surface area contributed by atoms with Crippen molar-refractivity contribution in [2.75, 3.05) is 11.4 Å². The van der Waals surface area contributed by atoms with Crippen molar-refractivity contribution in [1.82, 2.24) is 5.32 Å². The molecule has 0 spiro atoms. The fourth-order valence-corrected chi connectivity index (χ4v) is 3.67. The van der Waals surface area contributed by atoms with E-state index in [1.807, 2.05) is 32.9 Å². The minimum Gasteiger partial charge on any atom is -0.352 e. The molecule has 2 aromatic rings. The average Bonchev–Trinajstić information content (AvgIpc) is 2.95. The lowest BCUT2D eigenvalue weighted by atomic mass is 10.0. The van der Waals surface area contributed by atoms with Crippen LogP contribution >= 0.6 is 0 Å². The molecule has 0 radical (unpaired) electrons. The van der Waals surface area contributed by atoms with Crippen LogP contribution in [0.4, 0.5) is 10.1 Å². The van der Waals surface area contributed by atoms with Gasteiger partial charge in [0.2, 0.25) is 11.8 Å². The zero-order chi connectivity index (χ0) is 18.8. The molecule has 3 rings (SSSR count). The first kappa shape index (κ1) is 18.1. The Morgan fingerprint density at radius 1 is 1.19 bits per heavy atom. The number of rotatable bonds is 4. The Balaban J connectivity index is 1.70. The van der Waals surface area contributed by atoms with E-state index in [-0.39, 0.29) is 30.6 Å². The van der Waals surface area contributed by atoms with Crippen molar-refractivity contribution in [2.45, 2.75) is 33.7 Å². The maximum Gasteiger partial charge on any atom is 0.227 e. The Hall–Kier alpha value is -2.69. The van der Waals surface area contributed by atoms with Gasteiger partial charge in [0, 0.05) is 30.8 Å². The van der Waals surface area contributed by atoms with Gasteiger partial charge in [0.05, 0.1) is 5.92 Å². The normalized spacial score (nSPS) is 16.8. The van der Waals surface area contributed by atoms with Crippen LogP contribution in [-0.4, -0.2) is 18.4 Å². The second-order valence-corrected chi connectivity index (χ2v) is 6.96. The van der Waals surface area contributed by atoms with E-state index < -0.39 is 5.92 Å². The predicted octanol–water partition coefficient (Wildman–Crippen LogP) is 3.42. The number of benzene rings is 2. The summed E-state index contributed by atoms with van der Waals surface area (Å²) in [6.07, 6.45) is 0.176. The topological polar surface area (TPSA) is 49.4 Å². The molecule has 1 aliphatic rings. The van der Waals surface area contributed by atoms with E-state index >= 15 is 0 Å². The molecule has 1 saturated heterocycles. The standard InChI is InChI=1S/C21H23FN2O2/c1-13-8-14(2)20(15(3)9-13)24-12-17(10-19(24)25)21(26)23-11-16-6-4-5-7-18(16)22/h4-9,17H,10-12H2,1-3H3,(H,23,26). The number of carbonyl (C=O) groups excluding carboxylic acids is 2. The first-order chi connectivity index (χ1) is 12.4. The summed E-state index contributed by atoms with van der Waals surface area (Å²) in [5.74, 6) is -1.03. The molecule has 0 aromatic heterocycles.